The summed E-state index contributed by atoms with van der Waals surface area (Å²) >= 11 is 0. The second-order valence-electron chi connectivity index (χ2n) is 6.40. The molecule has 0 spiro atoms. The maximum Gasteiger partial charge on any atom is 0.163 e. The number of hydrogen-bond donors (Lipinski definition) is 1. The van der Waals surface area contributed by atoms with Crippen molar-refractivity contribution in [1.82, 2.24) is 15.0 Å². The molecule has 4 rings (SSSR count). The Morgan fingerprint density at radius 3 is 2.21 bits per heavy atom. The predicted molar refractivity (Wildman–Crippen MR) is 114 cm³/mol. The van der Waals surface area contributed by atoms with Crippen LogP contribution in [-0.2, 0) is 6.54 Å². The van der Waals surface area contributed by atoms with Gasteiger partial charge < -0.3 is 10.2 Å². The summed E-state index contributed by atoms with van der Waals surface area (Å²) < 4.78 is 0. The molecule has 0 saturated heterocycles. The van der Waals surface area contributed by atoms with Crippen molar-refractivity contribution in [2.24, 2.45) is 0 Å². The fourth-order valence-electron chi connectivity index (χ4n) is 2.89. The molecule has 0 amide bonds. The molecule has 2 aromatic heterocycles. The van der Waals surface area contributed by atoms with Crippen LogP contribution in [0.1, 0.15) is 5.56 Å². The van der Waals surface area contributed by atoms with Gasteiger partial charge in [0.2, 0.25) is 0 Å². The molecule has 0 atom stereocenters. The standard InChI is InChI=1S/C23H21N5/c1-28(20-10-6-3-7-11-20)22-16-21(25-17-18-12-14-24-15-13-18)26-23(27-22)19-8-4-2-5-9-19/h2-16H,17H2,1H3,(H,25,26,27). The third-order valence-corrected chi connectivity index (χ3v) is 4.45. The highest BCUT2D eigenvalue weighted by Gasteiger charge is 2.11. The lowest BCUT2D eigenvalue weighted by atomic mass is 10.2. The average molecular weight is 367 g/mol. The summed E-state index contributed by atoms with van der Waals surface area (Å²) in [5.74, 6) is 2.30. The highest BCUT2D eigenvalue weighted by Crippen LogP contribution is 2.26. The fraction of sp³-hybridized carbons (Fsp3) is 0.0870. The van der Waals surface area contributed by atoms with Gasteiger partial charge in [-0.05, 0) is 29.8 Å². The normalized spacial score (nSPS) is 10.5. The van der Waals surface area contributed by atoms with E-state index in [4.69, 9.17) is 9.97 Å². The van der Waals surface area contributed by atoms with E-state index in [-0.39, 0.29) is 0 Å². The van der Waals surface area contributed by atoms with Gasteiger partial charge in [-0.2, -0.15) is 0 Å². The van der Waals surface area contributed by atoms with Crippen molar-refractivity contribution in [2.75, 3.05) is 17.3 Å². The lowest BCUT2D eigenvalue weighted by molar-refractivity contribution is 1.05. The van der Waals surface area contributed by atoms with Crippen LogP contribution in [0.3, 0.4) is 0 Å². The first-order valence-corrected chi connectivity index (χ1v) is 9.16. The average Bonchev–Trinajstić information content (AvgIpc) is 2.79. The van der Waals surface area contributed by atoms with Crippen LogP contribution in [0, 0.1) is 0 Å². The van der Waals surface area contributed by atoms with Crippen molar-refractivity contribution in [1.29, 1.82) is 0 Å². The molecule has 0 saturated carbocycles. The van der Waals surface area contributed by atoms with Crippen LogP contribution in [-0.4, -0.2) is 22.0 Å². The number of para-hydroxylation sites is 1. The predicted octanol–water partition coefficient (Wildman–Crippen LogP) is 4.92. The first kappa shape index (κ1) is 17.7. The van der Waals surface area contributed by atoms with Crippen LogP contribution in [0.4, 0.5) is 17.3 Å². The molecule has 0 aliphatic rings. The minimum Gasteiger partial charge on any atom is -0.366 e. The SMILES string of the molecule is CN(c1ccccc1)c1cc(NCc2ccncc2)nc(-c2ccccc2)n1. The zero-order valence-corrected chi connectivity index (χ0v) is 15.7. The first-order chi connectivity index (χ1) is 13.8. The lowest BCUT2D eigenvalue weighted by Crippen LogP contribution is -2.13. The van der Waals surface area contributed by atoms with Gasteiger partial charge in [0.1, 0.15) is 11.6 Å². The summed E-state index contributed by atoms with van der Waals surface area (Å²) in [4.78, 5) is 15.7. The van der Waals surface area contributed by atoms with E-state index in [0.29, 0.717) is 12.4 Å². The molecule has 2 heterocycles. The molecule has 0 fully saturated rings. The Morgan fingerprint density at radius 1 is 0.821 bits per heavy atom. The van der Waals surface area contributed by atoms with Crippen LogP contribution < -0.4 is 10.2 Å². The highest BCUT2D eigenvalue weighted by molar-refractivity contribution is 5.66. The van der Waals surface area contributed by atoms with Crippen LogP contribution in [0.15, 0.2) is 91.3 Å². The summed E-state index contributed by atoms with van der Waals surface area (Å²) in [6.07, 6.45) is 3.59. The summed E-state index contributed by atoms with van der Waals surface area (Å²) in [5.41, 5.74) is 3.20. The number of anilines is 3. The lowest BCUT2D eigenvalue weighted by Gasteiger charge is -2.20. The Labute approximate surface area is 164 Å². The number of nitrogens with zero attached hydrogens (tertiary/aromatic N) is 4. The van der Waals surface area contributed by atoms with Gasteiger partial charge in [0.15, 0.2) is 5.82 Å². The van der Waals surface area contributed by atoms with E-state index < -0.39 is 0 Å². The quantitative estimate of drug-likeness (QED) is 0.524. The monoisotopic (exact) mass is 367 g/mol. The Morgan fingerprint density at radius 2 is 1.50 bits per heavy atom. The van der Waals surface area contributed by atoms with Crippen molar-refractivity contribution in [3.63, 3.8) is 0 Å². The minimum absolute atomic E-state index is 0.669. The van der Waals surface area contributed by atoms with Crippen molar-refractivity contribution < 1.29 is 0 Å². The van der Waals surface area contributed by atoms with E-state index in [2.05, 4.69) is 27.3 Å². The number of rotatable bonds is 6. The van der Waals surface area contributed by atoms with Gasteiger partial charge in [0, 0.05) is 43.3 Å². The number of hydrogen-bond acceptors (Lipinski definition) is 5. The van der Waals surface area contributed by atoms with Crippen molar-refractivity contribution in [2.45, 2.75) is 6.54 Å². The Hall–Kier alpha value is -3.73. The molecule has 0 bridgehead atoms. The zero-order chi connectivity index (χ0) is 19.2. The van der Waals surface area contributed by atoms with E-state index in [9.17, 15) is 0 Å². The summed E-state index contributed by atoms with van der Waals surface area (Å²) in [6, 6.07) is 26.2. The van der Waals surface area contributed by atoms with Crippen LogP contribution >= 0.6 is 0 Å². The van der Waals surface area contributed by atoms with Gasteiger partial charge in [0.05, 0.1) is 0 Å². The fourth-order valence-corrected chi connectivity index (χ4v) is 2.89. The summed E-state index contributed by atoms with van der Waals surface area (Å²) in [5, 5.41) is 3.41. The number of nitrogens with one attached hydrogen (secondary N) is 1. The Balaban J connectivity index is 1.69. The van der Waals surface area contributed by atoms with Gasteiger partial charge in [-0.15, -0.1) is 0 Å². The molecule has 28 heavy (non-hydrogen) atoms. The number of pyridine rings is 1. The molecular weight excluding hydrogens is 346 g/mol. The molecule has 2 aromatic carbocycles. The number of aromatic nitrogens is 3. The second kappa shape index (κ2) is 8.31. The van der Waals surface area contributed by atoms with E-state index in [1.807, 2.05) is 73.8 Å². The van der Waals surface area contributed by atoms with Crippen molar-refractivity contribution >= 4 is 17.3 Å². The highest BCUT2D eigenvalue weighted by atomic mass is 15.2. The summed E-state index contributed by atoms with van der Waals surface area (Å²) in [7, 11) is 2.01. The molecule has 0 aliphatic carbocycles. The molecular formula is C23H21N5. The van der Waals surface area contributed by atoms with Gasteiger partial charge in [0.25, 0.3) is 0 Å². The molecule has 1 N–H and O–H groups in total. The maximum absolute atomic E-state index is 4.80. The molecule has 5 nitrogen and oxygen atoms in total. The van der Waals surface area contributed by atoms with Gasteiger partial charge in [-0.3, -0.25) is 4.98 Å². The third-order valence-electron chi connectivity index (χ3n) is 4.45. The third kappa shape index (κ3) is 4.15. The van der Waals surface area contributed by atoms with Crippen LogP contribution in [0.5, 0.6) is 0 Å². The van der Waals surface area contributed by atoms with E-state index >= 15 is 0 Å². The molecule has 0 aliphatic heterocycles. The Kier molecular flexibility index (Phi) is 5.24. The molecule has 4 aromatic rings. The number of benzene rings is 2. The second-order valence-corrected chi connectivity index (χ2v) is 6.40. The molecule has 0 unspecified atom stereocenters. The van der Waals surface area contributed by atoms with E-state index in [1.54, 1.807) is 12.4 Å². The topological polar surface area (TPSA) is 53.9 Å². The van der Waals surface area contributed by atoms with Gasteiger partial charge >= 0.3 is 0 Å². The molecule has 5 heteroatoms. The van der Waals surface area contributed by atoms with Gasteiger partial charge in [-0.25, -0.2) is 9.97 Å². The molecule has 0 radical (unpaired) electrons. The van der Waals surface area contributed by atoms with E-state index in [1.165, 1.54) is 0 Å². The van der Waals surface area contributed by atoms with Crippen LogP contribution in [0.25, 0.3) is 11.4 Å². The Bertz CT molecular complexity index is 1020. The summed E-state index contributed by atoms with van der Waals surface area (Å²) in [6.45, 7) is 0.669. The van der Waals surface area contributed by atoms with Gasteiger partial charge in [-0.1, -0.05) is 48.5 Å². The minimum atomic E-state index is 0.669. The van der Waals surface area contributed by atoms with Crippen molar-refractivity contribution in [3.05, 3.63) is 96.8 Å². The first-order valence-electron chi connectivity index (χ1n) is 9.16. The maximum atomic E-state index is 4.80. The van der Waals surface area contributed by atoms with Crippen molar-refractivity contribution in [3.8, 4) is 11.4 Å². The molecule has 138 valence electrons. The largest absolute Gasteiger partial charge is 0.366 e. The zero-order valence-electron chi connectivity index (χ0n) is 15.7. The smallest absolute Gasteiger partial charge is 0.163 e. The van der Waals surface area contributed by atoms with Crippen LogP contribution in [0.2, 0.25) is 0 Å². The van der Waals surface area contributed by atoms with E-state index in [0.717, 1.165) is 28.5 Å².